The van der Waals surface area contributed by atoms with Crippen LogP contribution in [0.15, 0.2) is 36.4 Å². The van der Waals surface area contributed by atoms with Gasteiger partial charge in [-0.05, 0) is 54.7 Å². The summed E-state index contributed by atoms with van der Waals surface area (Å²) in [7, 11) is 0.917. The SMILES string of the molecule is CCCCCCCCS(=O)(=O)Oc1ccc(C[C@H]2C(=O)OC[C@@H]2Cc2ccc(OC)c(OC)c2)cc1OC. The maximum absolute atomic E-state index is 12.6. The van der Waals surface area contributed by atoms with Gasteiger partial charge in [-0.25, -0.2) is 0 Å². The maximum Gasteiger partial charge on any atom is 0.309 e. The number of hydrogen-bond donors (Lipinski definition) is 0. The van der Waals surface area contributed by atoms with E-state index >= 15 is 0 Å². The molecule has 0 aliphatic carbocycles. The Kier molecular flexibility index (Phi) is 11.1. The van der Waals surface area contributed by atoms with E-state index in [2.05, 4.69) is 6.92 Å². The van der Waals surface area contributed by atoms with Crippen LogP contribution < -0.4 is 18.4 Å². The Bertz CT molecular complexity index is 1160. The molecule has 8 nitrogen and oxygen atoms in total. The fourth-order valence-electron chi connectivity index (χ4n) is 4.77. The second-order valence-corrected chi connectivity index (χ2v) is 11.4. The molecule has 2 aromatic rings. The van der Waals surface area contributed by atoms with E-state index in [-0.39, 0.29) is 29.3 Å². The lowest BCUT2D eigenvalue weighted by Gasteiger charge is -2.17. The molecule has 0 N–H and O–H groups in total. The molecular weight excluding hydrogens is 508 g/mol. The zero-order valence-corrected chi connectivity index (χ0v) is 23.7. The van der Waals surface area contributed by atoms with Gasteiger partial charge in [0.25, 0.3) is 0 Å². The Morgan fingerprint density at radius 3 is 2.03 bits per heavy atom. The summed E-state index contributed by atoms with van der Waals surface area (Å²) >= 11 is 0. The van der Waals surface area contributed by atoms with Gasteiger partial charge in [-0.15, -0.1) is 0 Å². The summed E-state index contributed by atoms with van der Waals surface area (Å²) in [6, 6.07) is 10.8. The number of rotatable bonds is 16. The molecule has 2 atom stereocenters. The molecule has 0 saturated carbocycles. The standard InChI is InChI=1S/C29H40O8S/c1-5-6-7-8-9-10-15-38(31,32)37-26-14-12-22(19-28(26)35-4)17-24-23(20-36-29(24)30)16-21-11-13-25(33-2)27(18-21)34-3/h11-14,18-19,23-24H,5-10,15-17,20H2,1-4H3/t23-,24+/m0/s1. The van der Waals surface area contributed by atoms with E-state index in [1.54, 1.807) is 32.4 Å². The van der Waals surface area contributed by atoms with Crippen molar-refractivity contribution < 1.29 is 36.3 Å². The number of carbonyl (C=O) groups is 1. The second-order valence-electron chi connectivity index (χ2n) is 9.69. The number of methoxy groups -OCH3 is 3. The first-order chi connectivity index (χ1) is 18.3. The van der Waals surface area contributed by atoms with E-state index in [0.29, 0.717) is 43.1 Å². The molecule has 2 aromatic carbocycles. The summed E-state index contributed by atoms with van der Waals surface area (Å²) in [5.41, 5.74) is 1.86. The molecule has 0 spiro atoms. The molecule has 1 aliphatic heterocycles. The fraction of sp³-hybridized carbons (Fsp3) is 0.552. The van der Waals surface area contributed by atoms with Crippen LogP contribution in [0.1, 0.15) is 56.6 Å². The van der Waals surface area contributed by atoms with Crippen LogP contribution in [-0.4, -0.2) is 48.1 Å². The summed E-state index contributed by atoms with van der Waals surface area (Å²) in [4.78, 5) is 12.6. The van der Waals surface area contributed by atoms with Crippen LogP contribution >= 0.6 is 0 Å². The third-order valence-corrected chi connectivity index (χ3v) is 8.13. The highest BCUT2D eigenvalue weighted by Gasteiger charge is 2.37. The van der Waals surface area contributed by atoms with E-state index in [4.69, 9.17) is 23.1 Å². The number of benzene rings is 2. The van der Waals surface area contributed by atoms with Gasteiger partial charge in [0.15, 0.2) is 23.0 Å². The molecular formula is C29H40O8S. The minimum Gasteiger partial charge on any atom is -0.493 e. The molecule has 0 radical (unpaired) electrons. The topological polar surface area (TPSA) is 97.4 Å². The molecule has 210 valence electrons. The van der Waals surface area contributed by atoms with E-state index in [1.165, 1.54) is 13.5 Å². The van der Waals surface area contributed by atoms with Crippen molar-refractivity contribution in [2.24, 2.45) is 11.8 Å². The Balaban J connectivity index is 1.64. The first-order valence-corrected chi connectivity index (χ1v) is 14.8. The van der Waals surface area contributed by atoms with Crippen LogP contribution in [0.25, 0.3) is 0 Å². The second kappa shape index (κ2) is 14.3. The van der Waals surface area contributed by atoms with Crippen LogP contribution in [-0.2, 0) is 32.5 Å². The Morgan fingerprint density at radius 2 is 1.37 bits per heavy atom. The third kappa shape index (κ3) is 8.28. The summed E-state index contributed by atoms with van der Waals surface area (Å²) in [5, 5.41) is 0. The zero-order chi connectivity index (χ0) is 27.5. The first-order valence-electron chi connectivity index (χ1n) is 13.3. The minimum absolute atomic E-state index is 0.0137. The lowest BCUT2D eigenvalue weighted by atomic mass is 9.85. The minimum atomic E-state index is -3.73. The average molecular weight is 549 g/mol. The van der Waals surface area contributed by atoms with Crippen molar-refractivity contribution in [1.82, 2.24) is 0 Å². The number of esters is 1. The van der Waals surface area contributed by atoms with Crippen molar-refractivity contribution in [2.75, 3.05) is 33.7 Å². The van der Waals surface area contributed by atoms with Crippen molar-refractivity contribution in [1.29, 1.82) is 0 Å². The van der Waals surface area contributed by atoms with Gasteiger partial charge in [0.05, 0.1) is 39.6 Å². The Morgan fingerprint density at radius 1 is 0.789 bits per heavy atom. The van der Waals surface area contributed by atoms with Crippen molar-refractivity contribution in [3.63, 3.8) is 0 Å². The fourth-order valence-corrected chi connectivity index (χ4v) is 5.82. The van der Waals surface area contributed by atoms with Gasteiger partial charge in [0.2, 0.25) is 0 Å². The summed E-state index contributed by atoms with van der Waals surface area (Å²) in [6.45, 7) is 2.49. The van der Waals surface area contributed by atoms with Gasteiger partial charge in [-0.2, -0.15) is 8.42 Å². The first kappa shape index (κ1) is 29.6. The molecule has 0 aromatic heterocycles. The Hall–Kier alpha value is -2.94. The quantitative estimate of drug-likeness (QED) is 0.157. The Labute approximate surface area is 226 Å². The molecule has 1 saturated heterocycles. The highest BCUT2D eigenvalue weighted by atomic mass is 32.2. The molecule has 3 rings (SSSR count). The predicted molar refractivity (Wildman–Crippen MR) is 146 cm³/mol. The largest absolute Gasteiger partial charge is 0.493 e. The number of hydrogen-bond acceptors (Lipinski definition) is 8. The molecule has 1 heterocycles. The predicted octanol–water partition coefficient (Wildman–Crippen LogP) is 5.36. The third-order valence-electron chi connectivity index (χ3n) is 6.91. The smallest absolute Gasteiger partial charge is 0.309 e. The van der Waals surface area contributed by atoms with Crippen LogP contribution in [0.4, 0.5) is 0 Å². The highest BCUT2D eigenvalue weighted by molar-refractivity contribution is 7.87. The van der Waals surface area contributed by atoms with Crippen molar-refractivity contribution in [3.8, 4) is 23.0 Å². The van der Waals surface area contributed by atoms with Gasteiger partial charge in [0, 0.05) is 5.92 Å². The molecule has 0 bridgehead atoms. The number of ether oxygens (including phenoxy) is 4. The van der Waals surface area contributed by atoms with Crippen LogP contribution in [0, 0.1) is 11.8 Å². The van der Waals surface area contributed by atoms with E-state index in [0.717, 1.165) is 36.8 Å². The molecule has 0 unspecified atom stereocenters. The lowest BCUT2D eigenvalue weighted by Crippen LogP contribution is -2.21. The van der Waals surface area contributed by atoms with Gasteiger partial charge in [-0.3, -0.25) is 4.79 Å². The lowest BCUT2D eigenvalue weighted by molar-refractivity contribution is -0.141. The van der Waals surface area contributed by atoms with Crippen LogP contribution in [0.2, 0.25) is 0 Å². The van der Waals surface area contributed by atoms with Crippen molar-refractivity contribution >= 4 is 16.1 Å². The van der Waals surface area contributed by atoms with Gasteiger partial charge in [0.1, 0.15) is 0 Å². The monoisotopic (exact) mass is 548 g/mol. The van der Waals surface area contributed by atoms with Crippen LogP contribution in [0.5, 0.6) is 23.0 Å². The summed E-state index contributed by atoms with van der Waals surface area (Å²) in [5.74, 6) is 1.13. The average Bonchev–Trinajstić information content (AvgIpc) is 3.24. The van der Waals surface area contributed by atoms with Crippen molar-refractivity contribution in [3.05, 3.63) is 47.5 Å². The molecule has 38 heavy (non-hydrogen) atoms. The molecule has 1 fully saturated rings. The van der Waals surface area contributed by atoms with Crippen LogP contribution in [0.3, 0.4) is 0 Å². The summed E-state index contributed by atoms with van der Waals surface area (Å²) in [6.07, 6.45) is 6.98. The zero-order valence-electron chi connectivity index (χ0n) is 22.9. The highest BCUT2D eigenvalue weighted by Crippen LogP contribution is 2.35. The maximum atomic E-state index is 12.6. The van der Waals surface area contributed by atoms with Crippen molar-refractivity contribution in [2.45, 2.75) is 58.3 Å². The van der Waals surface area contributed by atoms with Gasteiger partial charge in [-0.1, -0.05) is 51.2 Å². The summed E-state index contributed by atoms with van der Waals surface area (Å²) < 4.78 is 52.0. The molecule has 9 heteroatoms. The van der Waals surface area contributed by atoms with E-state index in [1.807, 2.05) is 18.2 Å². The van der Waals surface area contributed by atoms with E-state index in [9.17, 15) is 13.2 Å². The van der Waals surface area contributed by atoms with Gasteiger partial charge < -0.3 is 23.1 Å². The number of unbranched alkanes of at least 4 members (excludes halogenated alkanes) is 5. The molecule has 1 aliphatic rings. The van der Waals surface area contributed by atoms with E-state index < -0.39 is 10.1 Å². The number of cyclic esters (lactones) is 1. The molecule has 0 amide bonds. The number of carbonyl (C=O) groups excluding carboxylic acids is 1. The van der Waals surface area contributed by atoms with Gasteiger partial charge >= 0.3 is 16.1 Å². The normalized spacial score (nSPS) is 17.2.